The molecule has 0 saturated carbocycles. The molecule has 0 atom stereocenters. The van der Waals surface area contributed by atoms with Crippen molar-refractivity contribution in [3.63, 3.8) is 0 Å². The molecule has 1 N–H and O–H groups in total. The minimum atomic E-state index is -0.0736. The number of hydrogen-bond donors (Lipinski definition) is 1. The summed E-state index contributed by atoms with van der Waals surface area (Å²) < 4.78 is 7.02. The van der Waals surface area contributed by atoms with Crippen LogP contribution in [0, 0.1) is 5.92 Å². The molecule has 0 aliphatic carbocycles. The topological polar surface area (TPSA) is 71.8 Å². The molecule has 1 aromatic carbocycles. The van der Waals surface area contributed by atoms with E-state index in [1.165, 1.54) is 0 Å². The first-order valence-corrected chi connectivity index (χ1v) is 10.0. The molecule has 1 saturated heterocycles. The number of aliphatic imine (C=N–C) groups is 1. The van der Waals surface area contributed by atoms with Crippen LogP contribution in [0.25, 0.3) is 5.69 Å². The van der Waals surface area contributed by atoms with E-state index in [2.05, 4.69) is 22.2 Å². The van der Waals surface area contributed by atoms with Crippen molar-refractivity contribution in [2.45, 2.75) is 33.2 Å². The number of hydrogen-bond acceptors (Lipinski definition) is 4. The molecule has 0 amide bonds. The summed E-state index contributed by atoms with van der Waals surface area (Å²) in [5, 5.41) is 7.97. The first-order valence-electron chi connectivity index (χ1n) is 10.0. The molecular formula is C21H29N5O2. The maximum Gasteiger partial charge on any atom is 0.309 e. The van der Waals surface area contributed by atoms with Crippen LogP contribution < -0.4 is 5.32 Å². The van der Waals surface area contributed by atoms with Crippen molar-refractivity contribution in [1.82, 2.24) is 20.0 Å². The predicted molar refractivity (Wildman–Crippen MR) is 109 cm³/mol. The normalized spacial score (nSPS) is 15.5. The Kier molecular flexibility index (Phi) is 7.06. The second-order valence-electron chi connectivity index (χ2n) is 6.77. The van der Waals surface area contributed by atoms with Gasteiger partial charge < -0.3 is 15.0 Å². The Morgan fingerprint density at radius 3 is 2.64 bits per heavy atom. The highest BCUT2D eigenvalue weighted by molar-refractivity contribution is 5.80. The third kappa shape index (κ3) is 5.12. The SMILES string of the molecule is CCNC(=NCc1ccn(-c2ccccc2)n1)N1CCC(C(=O)OCC)CC1. The highest BCUT2D eigenvalue weighted by Crippen LogP contribution is 2.19. The molecule has 1 fully saturated rings. The Balaban J connectivity index is 1.61. The number of rotatable bonds is 6. The number of piperidine rings is 1. The highest BCUT2D eigenvalue weighted by atomic mass is 16.5. The maximum absolute atomic E-state index is 11.9. The minimum absolute atomic E-state index is 0.000600. The van der Waals surface area contributed by atoms with Gasteiger partial charge in [-0.3, -0.25) is 4.79 Å². The molecule has 0 bridgehead atoms. The van der Waals surface area contributed by atoms with Crippen molar-refractivity contribution in [2.24, 2.45) is 10.9 Å². The number of benzene rings is 1. The van der Waals surface area contributed by atoms with Gasteiger partial charge in [-0.2, -0.15) is 5.10 Å². The Hall–Kier alpha value is -2.83. The number of nitrogens with zero attached hydrogens (tertiary/aromatic N) is 4. The fourth-order valence-electron chi connectivity index (χ4n) is 3.34. The highest BCUT2D eigenvalue weighted by Gasteiger charge is 2.27. The molecule has 0 spiro atoms. The fraction of sp³-hybridized carbons (Fsp3) is 0.476. The lowest BCUT2D eigenvalue weighted by molar-refractivity contribution is -0.149. The number of carbonyl (C=O) groups is 1. The molecule has 1 aliphatic heterocycles. The number of para-hydroxylation sites is 1. The number of guanidine groups is 1. The van der Waals surface area contributed by atoms with Crippen molar-refractivity contribution in [3.05, 3.63) is 48.3 Å². The van der Waals surface area contributed by atoms with Crippen molar-refractivity contribution < 1.29 is 9.53 Å². The van der Waals surface area contributed by atoms with Gasteiger partial charge in [0.15, 0.2) is 5.96 Å². The van der Waals surface area contributed by atoms with Crippen LogP contribution in [0.5, 0.6) is 0 Å². The maximum atomic E-state index is 11.9. The third-order valence-electron chi connectivity index (χ3n) is 4.81. The van der Waals surface area contributed by atoms with Crippen molar-refractivity contribution in [2.75, 3.05) is 26.2 Å². The zero-order valence-electron chi connectivity index (χ0n) is 16.7. The predicted octanol–water partition coefficient (Wildman–Crippen LogP) is 2.61. The van der Waals surface area contributed by atoms with E-state index in [4.69, 9.17) is 9.73 Å². The molecule has 28 heavy (non-hydrogen) atoms. The monoisotopic (exact) mass is 383 g/mol. The summed E-state index contributed by atoms with van der Waals surface area (Å²) in [5.41, 5.74) is 1.95. The molecule has 0 radical (unpaired) electrons. The van der Waals surface area contributed by atoms with Crippen molar-refractivity contribution >= 4 is 11.9 Å². The van der Waals surface area contributed by atoms with Crippen LogP contribution in [0.1, 0.15) is 32.4 Å². The van der Waals surface area contributed by atoms with Gasteiger partial charge in [-0.05, 0) is 44.9 Å². The number of carbonyl (C=O) groups excluding carboxylic acids is 1. The lowest BCUT2D eigenvalue weighted by atomic mass is 9.97. The smallest absolute Gasteiger partial charge is 0.309 e. The molecule has 7 heteroatoms. The number of ether oxygens (including phenoxy) is 1. The summed E-state index contributed by atoms with van der Waals surface area (Å²) in [4.78, 5) is 18.9. The average molecular weight is 383 g/mol. The van der Waals surface area contributed by atoms with E-state index in [0.717, 1.165) is 49.8 Å². The number of aromatic nitrogens is 2. The van der Waals surface area contributed by atoms with Gasteiger partial charge in [0.2, 0.25) is 0 Å². The van der Waals surface area contributed by atoms with E-state index < -0.39 is 0 Å². The van der Waals surface area contributed by atoms with Crippen LogP contribution in [-0.2, 0) is 16.1 Å². The Bertz CT molecular complexity index is 779. The van der Waals surface area contributed by atoms with E-state index in [-0.39, 0.29) is 11.9 Å². The molecule has 2 aromatic rings. The van der Waals surface area contributed by atoms with Gasteiger partial charge in [0.25, 0.3) is 0 Å². The molecule has 150 valence electrons. The molecule has 1 aliphatic rings. The third-order valence-corrected chi connectivity index (χ3v) is 4.81. The average Bonchev–Trinajstić information content (AvgIpc) is 3.21. The van der Waals surface area contributed by atoms with Gasteiger partial charge in [0.1, 0.15) is 0 Å². The van der Waals surface area contributed by atoms with E-state index in [0.29, 0.717) is 13.2 Å². The minimum Gasteiger partial charge on any atom is -0.466 e. The Labute approximate surface area is 166 Å². The summed E-state index contributed by atoms with van der Waals surface area (Å²) in [6.07, 6.45) is 3.55. The van der Waals surface area contributed by atoms with Crippen LogP contribution >= 0.6 is 0 Å². The molecule has 0 unspecified atom stereocenters. The second-order valence-corrected chi connectivity index (χ2v) is 6.77. The van der Waals surface area contributed by atoms with Crippen molar-refractivity contribution in [3.8, 4) is 5.69 Å². The van der Waals surface area contributed by atoms with Crippen LogP contribution in [0.2, 0.25) is 0 Å². The lowest BCUT2D eigenvalue weighted by Gasteiger charge is -2.33. The second kappa shape index (κ2) is 9.92. The quantitative estimate of drug-likeness (QED) is 0.472. The molecule has 1 aromatic heterocycles. The standard InChI is InChI=1S/C21H29N5O2/c1-3-22-21(25-13-10-17(11-14-25)20(27)28-4-2)23-16-18-12-15-26(24-18)19-8-6-5-7-9-19/h5-9,12,15,17H,3-4,10-11,13-14,16H2,1-2H3,(H,22,23). The van der Waals surface area contributed by atoms with E-state index >= 15 is 0 Å². The van der Waals surface area contributed by atoms with Crippen LogP contribution in [0.3, 0.4) is 0 Å². The van der Waals surface area contributed by atoms with Crippen LogP contribution in [0.15, 0.2) is 47.6 Å². The van der Waals surface area contributed by atoms with Gasteiger partial charge in [0.05, 0.1) is 30.5 Å². The van der Waals surface area contributed by atoms with Crippen LogP contribution in [-0.4, -0.2) is 52.9 Å². The summed E-state index contributed by atoms with van der Waals surface area (Å²) in [6.45, 7) is 7.27. The Morgan fingerprint density at radius 2 is 1.96 bits per heavy atom. The zero-order valence-corrected chi connectivity index (χ0v) is 16.7. The summed E-state index contributed by atoms with van der Waals surface area (Å²) >= 11 is 0. The van der Waals surface area contributed by atoms with Crippen LogP contribution in [0.4, 0.5) is 0 Å². The molecule has 3 rings (SSSR count). The summed E-state index contributed by atoms with van der Waals surface area (Å²) in [7, 11) is 0. The number of nitrogens with one attached hydrogen (secondary N) is 1. The van der Waals surface area contributed by atoms with Gasteiger partial charge in [0, 0.05) is 25.8 Å². The zero-order chi connectivity index (χ0) is 19.8. The van der Waals surface area contributed by atoms with E-state index in [1.54, 1.807) is 0 Å². The lowest BCUT2D eigenvalue weighted by Crippen LogP contribution is -2.46. The first kappa shape index (κ1) is 19.9. The van der Waals surface area contributed by atoms with E-state index in [9.17, 15) is 4.79 Å². The van der Waals surface area contributed by atoms with Gasteiger partial charge in [-0.15, -0.1) is 0 Å². The fourth-order valence-corrected chi connectivity index (χ4v) is 3.34. The first-order chi connectivity index (χ1) is 13.7. The summed E-state index contributed by atoms with van der Waals surface area (Å²) in [5.74, 6) is 0.801. The Morgan fingerprint density at radius 1 is 1.21 bits per heavy atom. The van der Waals surface area contributed by atoms with E-state index in [1.807, 2.05) is 54.2 Å². The number of esters is 1. The number of likely N-dealkylation sites (tertiary alicyclic amines) is 1. The van der Waals surface area contributed by atoms with Gasteiger partial charge in [-0.1, -0.05) is 18.2 Å². The molecule has 2 heterocycles. The molecular weight excluding hydrogens is 354 g/mol. The summed E-state index contributed by atoms with van der Waals surface area (Å²) in [6, 6.07) is 12.0. The van der Waals surface area contributed by atoms with Gasteiger partial charge in [-0.25, -0.2) is 9.67 Å². The van der Waals surface area contributed by atoms with Gasteiger partial charge >= 0.3 is 5.97 Å². The van der Waals surface area contributed by atoms with Crippen molar-refractivity contribution in [1.29, 1.82) is 0 Å². The molecule has 7 nitrogen and oxygen atoms in total. The largest absolute Gasteiger partial charge is 0.466 e.